The van der Waals surface area contributed by atoms with Crippen molar-refractivity contribution < 1.29 is 18.7 Å². The molecule has 1 aromatic carbocycles. The van der Waals surface area contributed by atoms with Gasteiger partial charge < -0.3 is 19.2 Å². The molecule has 1 amide bonds. The minimum atomic E-state index is -1.24. The molecule has 1 aliphatic heterocycles. The number of hydrogen-bond donors (Lipinski definition) is 1. The number of fused-ring (bicyclic) bond motifs is 1. The molecule has 2 aromatic heterocycles. The summed E-state index contributed by atoms with van der Waals surface area (Å²) in [5.74, 6) is 1.29. The average molecular weight is 367 g/mol. The van der Waals surface area contributed by atoms with Gasteiger partial charge in [-0.3, -0.25) is 9.59 Å². The first kappa shape index (κ1) is 16.9. The van der Waals surface area contributed by atoms with E-state index in [1.807, 2.05) is 0 Å². The van der Waals surface area contributed by atoms with Crippen LogP contribution in [0.4, 0.5) is 5.69 Å². The molecule has 0 fully saturated rings. The van der Waals surface area contributed by atoms with Crippen LogP contribution in [-0.2, 0) is 10.3 Å². The summed E-state index contributed by atoms with van der Waals surface area (Å²) >= 11 is 0. The molecule has 0 radical (unpaired) electrons. The Hall–Kier alpha value is -3.55. The molecule has 3 heterocycles. The summed E-state index contributed by atoms with van der Waals surface area (Å²) in [6.07, 6.45) is 1.52. The second-order valence-corrected chi connectivity index (χ2v) is 6.53. The molecule has 8 nitrogen and oxygen atoms in total. The first-order valence-corrected chi connectivity index (χ1v) is 8.31. The lowest BCUT2D eigenvalue weighted by atomic mass is 10.0. The lowest BCUT2D eigenvalue weighted by molar-refractivity contribution is -0.123. The smallest absolute Gasteiger partial charge is 0.267 e. The second-order valence-electron chi connectivity index (χ2n) is 6.53. The van der Waals surface area contributed by atoms with E-state index in [0.717, 1.165) is 4.68 Å². The molecule has 0 saturated heterocycles. The number of benzene rings is 1. The number of amides is 1. The molecule has 0 saturated carbocycles. The summed E-state index contributed by atoms with van der Waals surface area (Å²) in [5, 5.41) is 7.11. The molecule has 0 bridgehead atoms. The Labute approximate surface area is 154 Å². The van der Waals surface area contributed by atoms with Gasteiger partial charge in [-0.05, 0) is 44.2 Å². The fourth-order valence-electron chi connectivity index (χ4n) is 2.72. The van der Waals surface area contributed by atoms with Gasteiger partial charge in [0.05, 0.1) is 6.26 Å². The van der Waals surface area contributed by atoms with E-state index in [-0.39, 0.29) is 6.79 Å². The van der Waals surface area contributed by atoms with Gasteiger partial charge in [0.1, 0.15) is 11.2 Å². The minimum Gasteiger partial charge on any atom is -0.463 e. The highest BCUT2D eigenvalue weighted by Crippen LogP contribution is 2.34. The molecule has 0 atom stereocenters. The van der Waals surface area contributed by atoms with Crippen LogP contribution < -0.4 is 20.3 Å². The van der Waals surface area contributed by atoms with Crippen molar-refractivity contribution in [3.63, 3.8) is 0 Å². The molecule has 0 unspecified atom stereocenters. The molecule has 4 rings (SSSR count). The number of carbonyl (C=O) groups excluding carboxylic acids is 1. The van der Waals surface area contributed by atoms with Gasteiger partial charge in [0, 0.05) is 17.8 Å². The molecular weight excluding hydrogens is 350 g/mol. The average Bonchev–Trinajstić information content (AvgIpc) is 3.33. The van der Waals surface area contributed by atoms with E-state index in [1.165, 1.54) is 12.3 Å². The zero-order valence-electron chi connectivity index (χ0n) is 14.8. The summed E-state index contributed by atoms with van der Waals surface area (Å²) in [7, 11) is 0. The largest absolute Gasteiger partial charge is 0.463 e. The van der Waals surface area contributed by atoms with Gasteiger partial charge in [0.15, 0.2) is 17.3 Å². The third kappa shape index (κ3) is 3.05. The van der Waals surface area contributed by atoms with Gasteiger partial charge in [-0.15, -0.1) is 0 Å². The Morgan fingerprint density at radius 1 is 1.15 bits per heavy atom. The predicted molar refractivity (Wildman–Crippen MR) is 96.7 cm³/mol. The maximum atomic E-state index is 12.9. The molecule has 1 N–H and O–H groups in total. The highest BCUT2D eigenvalue weighted by Gasteiger charge is 2.32. The van der Waals surface area contributed by atoms with Crippen molar-refractivity contribution in [3.8, 4) is 23.0 Å². The van der Waals surface area contributed by atoms with Crippen LogP contribution in [0.1, 0.15) is 13.8 Å². The maximum Gasteiger partial charge on any atom is 0.267 e. The molecule has 3 aromatic rings. The van der Waals surface area contributed by atoms with E-state index >= 15 is 0 Å². The summed E-state index contributed by atoms with van der Waals surface area (Å²) < 4.78 is 17.0. The number of carbonyl (C=O) groups is 1. The van der Waals surface area contributed by atoms with E-state index in [4.69, 9.17) is 13.9 Å². The van der Waals surface area contributed by atoms with Crippen LogP contribution in [0.2, 0.25) is 0 Å². The molecule has 8 heteroatoms. The zero-order valence-corrected chi connectivity index (χ0v) is 14.8. The normalized spacial score (nSPS) is 12.8. The third-order valence-corrected chi connectivity index (χ3v) is 4.29. The summed E-state index contributed by atoms with van der Waals surface area (Å²) in [6.45, 7) is 3.39. The topological polar surface area (TPSA) is 95.6 Å². The molecular formula is C19H17N3O5. The quantitative estimate of drug-likeness (QED) is 0.762. The highest BCUT2D eigenvalue weighted by atomic mass is 16.7. The Bertz CT molecular complexity index is 1050. The van der Waals surface area contributed by atoms with Gasteiger partial charge in [-0.25, -0.2) is 4.68 Å². The monoisotopic (exact) mass is 367 g/mol. The van der Waals surface area contributed by atoms with E-state index < -0.39 is 17.0 Å². The fourth-order valence-corrected chi connectivity index (χ4v) is 2.72. The van der Waals surface area contributed by atoms with Crippen molar-refractivity contribution in [1.29, 1.82) is 0 Å². The van der Waals surface area contributed by atoms with Gasteiger partial charge in [-0.2, -0.15) is 5.10 Å². The molecule has 0 spiro atoms. The fraction of sp³-hybridized carbons (Fsp3) is 0.211. The van der Waals surface area contributed by atoms with Crippen molar-refractivity contribution in [3.05, 3.63) is 59.1 Å². The zero-order chi connectivity index (χ0) is 19.0. The van der Waals surface area contributed by atoms with Crippen LogP contribution in [-0.4, -0.2) is 22.5 Å². The Morgan fingerprint density at radius 2 is 1.96 bits per heavy atom. The predicted octanol–water partition coefficient (Wildman–Crippen LogP) is 2.61. The van der Waals surface area contributed by atoms with Gasteiger partial charge in [-0.1, -0.05) is 0 Å². The Morgan fingerprint density at radius 3 is 2.74 bits per heavy atom. The van der Waals surface area contributed by atoms with Gasteiger partial charge in [0.25, 0.3) is 11.5 Å². The first-order chi connectivity index (χ1) is 12.9. The lowest BCUT2D eigenvalue weighted by Crippen LogP contribution is -2.47. The second kappa shape index (κ2) is 6.31. The maximum absolute atomic E-state index is 12.9. The molecule has 1 aliphatic rings. The number of furan rings is 1. The number of rotatable bonds is 4. The van der Waals surface area contributed by atoms with E-state index in [1.54, 1.807) is 50.2 Å². The van der Waals surface area contributed by atoms with E-state index in [0.29, 0.717) is 28.6 Å². The lowest BCUT2D eigenvalue weighted by Gasteiger charge is -2.25. The number of nitrogens with zero attached hydrogens (tertiary/aromatic N) is 2. The van der Waals surface area contributed by atoms with Crippen molar-refractivity contribution in [1.82, 2.24) is 9.78 Å². The van der Waals surface area contributed by atoms with Crippen LogP contribution in [0.15, 0.2) is 57.9 Å². The number of hydrogen-bond acceptors (Lipinski definition) is 6. The highest BCUT2D eigenvalue weighted by molar-refractivity contribution is 5.96. The van der Waals surface area contributed by atoms with Crippen LogP contribution in [0, 0.1) is 0 Å². The Balaban J connectivity index is 1.63. The van der Waals surface area contributed by atoms with E-state index in [2.05, 4.69) is 10.4 Å². The standard InChI is InChI=1S/C19H17N3O5/c1-19(2,18(24)20-12-5-7-15-16(10-12)27-11-26-15)22-17(23)8-6-13(21-22)14-4-3-9-25-14/h3-10H,11H2,1-2H3,(H,20,24). The van der Waals surface area contributed by atoms with Crippen molar-refractivity contribution >= 4 is 11.6 Å². The molecule has 138 valence electrons. The number of ether oxygens (including phenoxy) is 2. The van der Waals surface area contributed by atoms with E-state index in [9.17, 15) is 9.59 Å². The van der Waals surface area contributed by atoms with Crippen LogP contribution in [0.3, 0.4) is 0 Å². The van der Waals surface area contributed by atoms with Crippen LogP contribution in [0.25, 0.3) is 11.5 Å². The third-order valence-electron chi connectivity index (χ3n) is 4.29. The summed E-state index contributed by atoms with van der Waals surface area (Å²) in [4.78, 5) is 25.2. The summed E-state index contributed by atoms with van der Waals surface area (Å²) in [6, 6.07) is 11.5. The van der Waals surface area contributed by atoms with Crippen molar-refractivity contribution in [2.24, 2.45) is 0 Å². The minimum absolute atomic E-state index is 0.150. The SMILES string of the molecule is CC(C)(C(=O)Nc1ccc2c(c1)OCO2)n1nc(-c2ccco2)ccc1=O. The molecule has 27 heavy (non-hydrogen) atoms. The van der Waals surface area contributed by atoms with Crippen molar-refractivity contribution in [2.45, 2.75) is 19.4 Å². The van der Waals surface area contributed by atoms with Crippen molar-refractivity contribution in [2.75, 3.05) is 12.1 Å². The van der Waals surface area contributed by atoms with Crippen LogP contribution in [0.5, 0.6) is 11.5 Å². The number of anilines is 1. The Kier molecular flexibility index (Phi) is 3.95. The summed E-state index contributed by atoms with van der Waals surface area (Å²) in [5.41, 5.74) is -0.636. The first-order valence-electron chi connectivity index (χ1n) is 8.31. The number of aromatic nitrogens is 2. The van der Waals surface area contributed by atoms with Gasteiger partial charge >= 0.3 is 0 Å². The van der Waals surface area contributed by atoms with Gasteiger partial charge in [0.2, 0.25) is 6.79 Å². The van der Waals surface area contributed by atoms with Crippen LogP contribution >= 0.6 is 0 Å². The molecule has 0 aliphatic carbocycles. The number of nitrogens with one attached hydrogen (secondary N) is 1.